The molecule has 4 heteroatoms. The van der Waals surface area contributed by atoms with Crippen LogP contribution in [0.5, 0.6) is 5.75 Å². The van der Waals surface area contributed by atoms with E-state index in [0.29, 0.717) is 6.61 Å². The molecule has 2 aromatic carbocycles. The maximum atomic E-state index is 10.5. The van der Waals surface area contributed by atoms with Crippen molar-refractivity contribution in [2.75, 3.05) is 44.2 Å². The zero-order valence-electron chi connectivity index (χ0n) is 17.1. The molecule has 4 nitrogen and oxygen atoms in total. The van der Waals surface area contributed by atoms with Gasteiger partial charge in [0.05, 0.1) is 26.2 Å². The summed E-state index contributed by atoms with van der Waals surface area (Å²) in [6.45, 7) is 13.6. The number of piperazine rings is 1. The van der Waals surface area contributed by atoms with Crippen molar-refractivity contribution in [2.24, 2.45) is 0 Å². The minimum atomic E-state index is -0.439. The lowest BCUT2D eigenvalue weighted by atomic mass is 10.1. The zero-order chi connectivity index (χ0) is 19.4. The van der Waals surface area contributed by atoms with Crippen LogP contribution in [0.1, 0.15) is 22.3 Å². The topological polar surface area (TPSA) is 37.1 Å². The van der Waals surface area contributed by atoms with Crippen LogP contribution >= 0.6 is 0 Å². The second-order valence-corrected chi connectivity index (χ2v) is 7.97. The van der Waals surface area contributed by atoms with Gasteiger partial charge in [-0.1, -0.05) is 35.4 Å². The van der Waals surface area contributed by atoms with Gasteiger partial charge < -0.3 is 19.6 Å². The number of nitrogens with zero attached hydrogens (tertiary/aromatic N) is 1. The lowest BCUT2D eigenvalue weighted by Crippen LogP contribution is -3.16. The summed E-state index contributed by atoms with van der Waals surface area (Å²) in [7, 11) is 0. The lowest BCUT2D eigenvalue weighted by Gasteiger charge is -2.34. The fourth-order valence-electron chi connectivity index (χ4n) is 4.01. The molecule has 1 atom stereocenters. The first-order valence-electron chi connectivity index (χ1n) is 9.96. The van der Waals surface area contributed by atoms with Gasteiger partial charge in [-0.2, -0.15) is 0 Å². The van der Waals surface area contributed by atoms with Crippen LogP contribution in [0, 0.1) is 27.7 Å². The lowest BCUT2D eigenvalue weighted by molar-refractivity contribution is -0.903. The molecule has 0 amide bonds. The molecule has 1 fully saturated rings. The van der Waals surface area contributed by atoms with Gasteiger partial charge >= 0.3 is 0 Å². The van der Waals surface area contributed by atoms with Crippen LogP contribution in [0.3, 0.4) is 0 Å². The summed E-state index contributed by atoms with van der Waals surface area (Å²) in [6, 6.07) is 13.0. The Balaban J connectivity index is 1.46. The molecule has 0 saturated carbocycles. The quantitative estimate of drug-likeness (QED) is 0.819. The molecule has 27 heavy (non-hydrogen) atoms. The first kappa shape index (κ1) is 19.7. The van der Waals surface area contributed by atoms with Gasteiger partial charge in [-0.05, 0) is 51.0 Å². The molecular weight excluding hydrogens is 336 g/mol. The number of ether oxygens (including phenoxy) is 1. The number of aryl methyl sites for hydroxylation is 4. The van der Waals surface area contributed by atoms with E-state index in [1.807, 2.05) is 0 Å². The SMILES string of the molecule is Cc1ccc(N2CC[NH+](C[C@H](O)COc3c(C)cc(C)cc3C)CC2)cc1. The van der Waals surface area contributed by atoms with Crippen LogP contribution in [0.2, 0.25) is 0 Å². The highest BCUT2D eigenvalue weighted by Crippen LogP contribution is 2.24. The fourth-order valence-corrected chi connectivity index (χ4v) is 4.01. The van der Waals surface area contributed by atoms with E-state index in [0.717, 1.165) is 49.6 Å². The fraction of sp³-hybridized carbons (Fsp3) is 0.478. The number of aliphatic hydroxyl groups is 1. The summed E-state index contributed by atoms with van der Waals surface area (Å²) in [5, 5.41) is 10.5. The molecule has 2 N–H and O–H groups in total. The Bertz CT molecular complexity index is 726. The molecule has 2 aromatic rings. The third-order valence-electron chi connectivity index (χ3n) is 5.42. The number of quaternary nitrogens is 1. The Hall–Kier alpha value is -2.04. The highest BCUT2D eigenvalue weighted by atomic mass is 16.5. The van der Waals surface area contributed by atoms with Crippen LogP contribution in [0.15, 0.2) is 36.4 Å². The van der Waals surface area contributed by atoms with Crippen molar-refractivity contribution in [1.29, 1.82) is 0 Å². The predicted octanol–water partition coefficient (Wildman–Crippen LogP) is 2.07. The molecular formula is C23H33N2O2+. The van der Waals surface area contributed by atoms with Crippen molar-refractivity contribution in [3.63, 3.8) is 0 Å². The first-order chi connectivity index (χ1) is 12.9. The van der Waals surface area contributed by atoms with Crippen LogP contribution in [-0.2, 0) is 0 Å². The number of anilines is 1. The summed E-state index contributed by atoms with van der Waals surface area (Å²) in [5.74, 6) is 0.916. The molecule has 1 aliphatic rings. The number of benzene rings is 2. The van der Waals surface area contributed by atoms with E-state index in [4.69, 9.17) is 4.74 Å². The molecule has 146 valence electrons. The molecule has 0 spiro atoms. The van der Waals surface area contributed by atoms with E-state index in [9.17, 15) is 5.11 Å². The van der Waals surface area contributed by atoms with Crippen LogP contribution < -0.4 is 14.5 Å². The Morgan fingerprint density at radius 3 is 2.15 bits per heavy atom. The molecule has 0 unspecified atom stereocenters. The van der Waals surface area contributed by atoms with Crippen molar-refractivity contribution in [3.05, 3.63) is 58.7 Å². The second-order valence-electron chi connectivity index (χ2n) is 7.97. The third kappa shape index (κ3) is 5.24. The molecule has 1 saturated heterocycles. The number of hydrogen-bond acceptors (Lipinski definition) is 3. The van der Waals surface area contributed by atoms with Gasteiger partial charge in [-0.3, -0.25) is 0 Å². The molecule has 1 aliphatic heterocycles. The highest BCUT2D eigenvalue weighted by Gasteiger charge is 2.23. The van der Waals surface area contributed by atoms with Gasteiger partial charge in [0.15, 0.2) is 0 Å². The van der Waals surface area contributed by atoms with Crippen molar-refractivity contribution in [3.8, 4) is 5.75 Å². The van der Waals surface area contributed by atoms with E-state index in [-0.39, 0.29) is 0 Å². The number of nitrogens with one attached hydrogen (secondary N) is 1. The van der Waals surface area contributed by atoms with Crippen LogP contribution in [0.25, 0.3) is 0 Å². The molecule has 3 rings (SSSR count). The van der Waals surface area contributed by atoms with E-state index in [1.165, 1.54) is 21.7 Å². The largest absolute Gasteiger partial charge is 0.490 e. The molecule has 1 heterocycles. The maximum Gasteiger partial charge on any atom is 0.137 e. The smallest absolute Gasteiger partial charge is 0.137 e. The third-order valence-corrected chi connectivity index (χ3v) is 5.42. The summed E-state index contributed by atoms with van der Waals surface area (Å²) in [4.78, 5) is 3.89. The summed E-state index contributed by atoms with van der Waals surface area (Å²) < 4.78 is 5.95. The van der Waals surface area contributed by atoms with Crippen molar-refractivity contribution >= 4 is 5.69 Å². The minimum Gasteiger partial charge on any atom is -0.490 e. The van der Waals surface area contributed by atoms with Crippen molar-refractivity contribution < 1.29 is 14.7 Å². The molecule has 0 aliphatic carbocycles. The van der Waals surface area contributed by atoms with Crippen LogP contribution in [-0.4, -0.2) is 50.5 Å². The molecule has 0 aromatic heterocycles. The Kier molecular flexibility index (Phi) is 6.40. The second kappa shape index (κ2) is 8.77. The number of hydrogen-bond donors (Lipinski definition) is 2. The summed E-state index contributed by atoms with van der Waals surface area (Å²) >= 11 is 0. The monoisotopic (exact) mass is 369 g/mol. The van der Waals surface area contributed by atoms with E-state index < -0.39 is 6.10 Å². The number of aliphatic hydroxyl groups excluding tert-OH is 1. The average molecular weight is 370 g/mol. The Labute approximate surface area is 163 Å². The summed E-state index contributed by atoms with van der Waals surface area (Å²) in [5.41, 5.74) is 6.12. The van der Waals surface area contributed by atoms with Gasteiger partial charge in [0, 0.05) is 5.69 Å². The van der Waals surface area contributed by atoms with Gasteiger partial charge in [-0.15, -0.1) is 0 Å². The standard InChI is InChI=1S/C23H32N2O2/c1-17-5-7-21(8-6-17)25-11-9-24(10-12-25)15-22(26)16-27-23-19(3)13-18(2)14-20(23)4/h5-8,13-14,22,26H,9-12,15-16H2,1-4H3/p+1/t22-/m0/s1. The Morgan fingerprint density at radius 2 is 1.56 bits per heavy atom. The van der Waals surface area contributed by atoms with Gasteiger partial charge in [0.2, 0.25) is 0 Å². The highest BCUT2D eigenvalue weighted by molar-refractivity contribution is 5.47. The molecule has 0 radical (unpaired) electrons. The minimum absolute atomic E-state index is 0.357. The Morgan fingerprint density at radius 1 is 0.963 bits per heavy atom. The van der Waals surface area contributed by atoms with E-state index >= 15 is 0 Å². The van der Waals surface area contributed by atoms with Gasteiger partial charge in [-0.25, -0.2) is 0 Å². The predicted molar refractivity (Wildman–Crippen MR) is 111 cm³/mol. The van der Waals surface area contributed by atoms with Crippen molar-refractivity contribution in [2.45, 2.75) is 33.8 Å². The maximum absolute atomic E-state index is 10.5. The zero-order valence-corrected chi connectivity index (χ0v) is 17.1. The van der Waals surface area contributed by atoms with Gasteiger partial charge in [0.25, 0.3) is 0 Å². The summed E-state index contributed by atoms with van der Waals surface area (Å²) in [6.07, 6.45) is -0.439. The molecule has 0 bridgehead atoms. The van der Waals surface area contributed by atoms with Crippen LogP contribution in [0.4, 0.5) is 5.69 Å². The van der Waals surface area contributed by atoms with Gasteiger partial charge in [0.1, 0.15) is 25.0 Å². The normalized spacial score (nSPS) is 16.4. The van der Waals surface area contributed by atoms with E-state index in [2.05, 4.69) is 69.0 Å². The average Bonchev–Trinajstić information content (AvgIpc) is 2.62. The van der Waals surface area contributed by atoms with Crippen molar-refractivity contribution in [1.82, 2.24) is 0 Å². The van der Waals surface area contributed by atoms with E-state index in [1.54, 1.807) is 0 Å². The number of rotatable bonds is 6. The first-order valence-corrected chi connectivity index (χ1v) is 9.96.